The summed E-state index contributed by atoms with van der Waals surface area (Å²) in [6, 6.07) is 0. The number of fused-ring (bicyclic) bond motifs is 1. The Kier molecular flexibility index (Phi) is 7.43. The maximum atomic E-state index is 12.6. The van der Waals surface area contributed by atoms with E-state index in [1.807, 2.05) is 0 Å². The van der Waals surface area contributed by atoms with Crippen molar-refractivity contribution in [2.75, 3.05) is 0 Å². The number of rotatable bonds is 3. The third-order valence-corrected chi connectivity index (χ3v) is 7.94. The fraction of sp³-hybridized carbons (Fsp3) is 0.955. The van der Waals surface area contributed by atoms with Crippen molar-refractivity contribution in [3.63, 3.8) is 0 Å². The van der Waals surface area contributed by atoms with Gasteiger partial charge in [0.1, 0.15) is 12.2 Å². The zero-order valence-electron chi connectivity index (χ0n) is 18.0. The van der Waals surface area contributed by atoms with E-state index in [2.05, 4.69) is 0 Å². The molecule has 1 heterocycles. The van der Waals surface area contributed by atoms with Crippen LogP contribution in [0.25, 0.3) is 0 Å². The van der Waals surface area contributed by atoms with E-state index >= 15 is 0 Å². The molecule has 0 amide bonds. The van der Waals surface area contributed by atoms with Gasteiger partial charge >= 0.3 is 5.97 Å². The molecule has 0 aromatic carbocycles. The molecule has 0 aromatic heterocycles. The second-order valence-electron chi connectivity index (χ2n) is 10.2. The third-order valence-electron chi connectivity index (χ3n) is 7.94. The summed E-state index contributed by atoms with van der Waals surface area (Å²) in [7, 11) is 0. The lowest BCUT2D eigenvalue weighted by Gasteiger charge is -2.49. The van der Waals surface area contributed by atoms with Gasteiger partial charge in [-0.25, -0.2) is 0 Å². The minimum absolute atomic E-state index is 0.000981. The summed E-state index contributed by atoms with van der Waals surface area (Å²) in [5.41, 5.74) is 0. The molecule has 1 saturated heterocycles. The average Bonchev–Trinajstić information content (AvgIpc) is 2.74. The summed E-state index contributed by atoms with van der Waals surface area (Å²) in [4.78, 5) is 12.6. The van der Waals surface area contributed by atoms with E-state index in [0.29, 0.717) is 32.1 Å². The van der Waals surface area contributed by atoms with Crippen LogP contribution in [-0.2, 0) is 14.3 Å². The molecule has 0 spiro atoms. The van der Waals surface area contributed by atoms with Gasteiger partial charge in [0, 0.05) is 18.8 Å². The van der Waals surface area contributed by atoms with Crippen LogP contribution in [0.1, 0.15) is 51.4 Å². The Labute approximate surface area is 186 Å². The SMILES string of the molecule is O=C(OC1CC(O)C2C[C@@H](O)[C@H](C3CCC(O)C(O)C3)OC2C1)C1CC(O)C(O)C(O)C1. The van der Waals surface area contributed by atoms with Gasteiger partial charge in [-0.05, 0) is 44.4 Å². The van der Waals surface area contributed by atoms with Crippen LogP contribution in [0.3, 0.4) is 0 Å². The van der Waals surface area contributed by atoms with Gasteiger partial charge in [0.2, 0.25) is 0 Å². The second-order valence-corrected chi connectivity index (χ2v) is 10.2. The molecule has 4 rings (SSSR count). The first-order valence-electron chi connectivity index (χ1n) is 11.8. The molecule has 0 radical (unpaired) electrons. The lowest BCUT2D eigenvalue weighted by atomic mass is 9.72. The van der Waals surface area contributed by atoms with Crippen molar-refractivity contribution in [2.24, 2.45) is 17.8 Å². The summed E-state index contributed by atoms with van der Waals surface area (Å²) in [5, 5.41) is 70.4. The van der Waals surface area contributed by atoms with E-state index in [1.54, 1.807) is 0 Å². The maximum absolute atomic E-state index is 12.6. The van der Waals surface area contributed by atoms with E-state index in [9.17, 15) is 40.5 Å². The van der Waals surface area contributed by atoms with E-state index in [0.717, 1.165) is 0 Å². The Bertz CT molecular complexity index is 649. The number of hydrogen-bond donors (Lipinski definition) is 7. The first kappa shape index (κ1) is 24.3. The topological polar surface area (TPSA) is 177 Å². The highest BCUT2D eigenvalue weighted by Gasteiger charge is 2.49. The minimum Gasteiger partial charge on any atom is -0.462 e. The monoisotopic (exact) mass is 460 g/mol. The van der Waals surface area contributed by atoms with Gasteiger partial charge in [-0.1, -0.05) is 0 Å². The number of aliphatic hydroxyl groups is 7. The van der Waals surface area contributed by atoms with Crippen LogP contribution in [0.4, 0.5) is 0 Å². The predicted molar refractivity (Wildman–Crippen MR) is 108 cm³/mol. The molecule has 10 heteroatoms. The van der Waals surface area contributed by atoms with Crippen LogP contribution >= 0.6 is 0 Å². The Balaban J connectivity index is 1.36. The van der Waals surface area contributed by atoms with Gasteiger partial charge in [0.25, 0.3) is 0 Å². The lowest BCUT2D eigenvalue weighted by Crippen LogP contribution is -2.56. The van der Waals surface area contributed by atoms with Crippen LogP contribution in [-0.4, -0.2) is 103 Å². The van der Waals surface area contributed by atoms with Crippen molar-refractivity contribution in [3.8, 4) is 0 Å². The fourth-order valence-electron chi connectivity index (χ4n) is 6.04. The van der Waals surface area contributed by atoms with Crippen molar-refractivity contribution in [1.82, 2.24) is 0 Å². The van der Waals surface area contributed by atoms with Crippen LogP contribution in [0.15, 0.2) is 0 Å². The van der Waals surface area contributed by atoms with Gasteiger partial charge in [0.15, 0.2) is 0 Å². The number of esters is 1. The standard InChI is InChI=1S/C22H36O10/c23-13-2-1-9(3-15(13)25)21-18(28)8-12-14(24)6-11(7-19(12)32-21)31-22(30)10-4-16(26)20(29)17(27)5-10/h9-21,23-29H,1-8H2/t9?,10?,11?,12?,13?,14?,15?,16?,17?,18-,19?,20?,21+/m1/s1. The summed E-state index contributed by atoms with van der Waals surface area (Å²) < 4.78 is 11.8. The van der Waals surface area contributed by atoms with Gasteiger partial charge in [0.05, 0.1) is 54.7 Å². The molecule has 4 aliphatic rings. The third kappa shape index (κ3) is 4.97. The Morgan fingerprint density at radius 3 is 2.03 bits per heavy atom. The largest absolute Gasteiger partial charge is 0.462 e. The molecule has 10 nitrogen and oxygen atoms in total. The van der Waals surface area contributed by atoms with Crippen LogP contribution < -0.4 is 0 Å². The van der Waals surface area contributed by atoms with Crippen molar-refractivity contribution in [2.45, 2.75) is 112 Å². The Morgan fingerprint density at radius 2 is 1.38 bits per heavy atom. The minimum atomic E-state index is -1.28. The highest BCUT2D eigenvalue weighted by molar-refractivity contribution is 5.73. The molecule has 9 unspecified atom stereocenters. The quantitative estimate of drug-likeness (QED) is 0.238. The highest BCUT2D eigenvalue weighted by atomic mass is 16.6. The summed E-state index contributed by atoms with van der Waals surface area (Å²) in [5.74, 6) is -1.72. The zero-order valence-corrected chi connectivity index (χ0v) is 18.0. The van der Waals surface area contributed by atoms with Gasteiger partial charge in [-0.15, -0.1) is 0 Å². The van der Waals surface area contributed by atoms with Gasteiger partial charge in [-0.3, -0.25) is 4.79 Å². The molecule has 3 aliphatic carbocycles. The molecule has 184 valence electrons. The second kappa shape index (κ2) is 9.79. The molecule has 7 N–H and O–H groups in total. The van der Waals surface area contributed by atoms with Crippen molar-refractivity contribution >= 4 is 5.97 Å². The van der Waals surface area contributed by atoms with Crippen molar-refractivity contribution < 1.29 is 50.0 Å². The predicted octanol–water partition coefficient (Wildman–Crippen LogP) is -1.80. The number of aliphatic hydroxyl groups excluding tert-OH is 7. The Hall–Kier alpha value is -0.850. The number of ether oxygens (including phenoxy) is 2. The number of carbonyl (C=O) groups excluding carboxylic acids is 1. The molecule has 32 heavy (non-hydrogen) atoms. The van der Waals surface area contributed by atoms with Crippen LogP contribution in [0.5, 0.6) is 0 Å². The lowest BCUT2D eigenvalue weighted by molar-refractivity contribution is -0.220. The van der Waals surface area contributed by atoms with Crippen LogP contribution in [0.2, 0.25) is 0 Å². The van der Waals surface area contributed by atoms with Crippen LogP contribution in [0, 0.1) is 17.8 Å². The van der Waals surface area contributed by atoms with Crippen molar-refractivity contribution in [1.29, 1.82) is 0 Å². The van der Waals surface area contributed by atoms with E-state index in [1.165, 1.54) is 0 Å². The normalized spacial score (nSPS) is 52.2. The highest BCUT2D eigenvalue weighted by Crippen LogP contribution is 2.42. The molecule has 0 bridgehead atoms. The Morgan fingerprint density at radius 1 is 0.688 bits per heavy atom. The van der Waals surface area contributed by atoms with E-state index in [-0.39, 0.29) is 31.1 Å². The first-order chi connectivity index (χ1) is 15.1. The van der Waals surface area contributed by atoms with E-state index in [4.69, 9.17) is 9.47 Å². The molecule has 0 aromatic rings. The van der Waals surface area contributed by atoms with Gasteiger partial charge in [-0.2, -0.15) is 0 Å². The average molecular weight is 461 g/mol. The number of hydrogen-bond acceptors (Lipinski definition) is 10. The first-order valence-corrected chi connectivity index (χ1v) is 11.8. The molecule has 3 saturated carbocycles. The molecule has 1 aliphatic heterocycles. The van der Waals surface area contributed by atoms with E-state index < -0.39 is 72.9 Å². The molecular weight excluding hydrogens is 424 g/mol. The zero-order chi connectivity index (χ0) is 23.2. The summed E-state index contributed by atoms with van der Waals surface area (Å²) in [6.45, 7) is 0. The summed E-state index contributed by atoms with van der Waals surface area (Å²) in [6.07, 6.45) is -6.14. The van der Waals surface area contributed by atoms with Crippen molar-refractivity contribution in [3.05, 3.63) is 0 Å². The maximum Gasteiger partial charge on any atom is 0.309 e. The smallest absolute Gasteiger partial charge is 0.309 e. The molecule has 11 atom stereocenters. The molecule has 4 fully saturated rings. The summed E-state index contributed by atoms with van der Waals surface area (Å²) >= 11 is 0. The number of carbonyl (C=O) groups is 1. The fourth-order valence-corrected chi connectivity index (χ4v) is 6.04. The molecular formula is C22H36O10. The van der Waals surface area contributed by atoms with Gasteiger partial charge < -0.3 is 45.2 Å².